The number of rotatable bonds is 10. The van der Waals surface area contributed by atoms with Gasteiger partial charge in [0.15, 0.2) is 11.5 Å². The molecule has 0 fully saturated rings. The zero-order valence-corrected chi connectivity index (χ0v) is 19.2. The van der Waals surface area contributed by atoms with Gasteiger partial charge in [0.05, 0.1) is 6.61 Å². The maximum absolute atomic E-state index is 6.09. The SMILES string of the molecule is CCOc1cc(CNCCC2=CCCCC2)c(Br)cc1OCc1cccc(C)c1. The van der Waals surface area contributed by atoms with Crippen molar-refractivity contribution in [2.75, 3.05) is 13.2 Å². The highest BCUT2D eigenvalue weighted by Crippen LogP contribution is 2.34. The molecule has 0 unspecified atom stereocenters. The molecule has 0 heterocycles. The normalized spacial score (nSPS) is 13.8. The van der Waals surface area contributed by atoms with Crippen molar-refractivity contribution in [3.8, 4) is 11.5 Å². The molecule has 3 rings (SSSR count). The molecule has 0 amide bonds. The minimum absolute atomic E-state index is 0.529. The second kappa shape index (κ2) is 11.4. The summed E-state index contributed by atoms with van der Waals surface area (Å²) >= 11 is 3.71. The number of nitrogens with one attached hydrogen (secondary N) is 1. The Kier molecular flexibility index (Phi) is 8.63. The van der Waals surface area contributed by atoms with Crippen molar-refractivity contribution in [1.29, 1.82) is 0 Å². The number of ether oxygens (including phenoxy) is 2. The Morgan fingerprint density at radius 1 is 1.07 bits per heavy atom. The Morgan fingerprint density at radius 3 is 2.69 bits per heavy atom. The summed E-state index contributed by atoms with van der Waals surface area (Å²) in [7, 11) is 0. The van der Waals surface area contributed by atoms with E-state index in [9.17, 15) is 0 Å². The fraction of sp³-hybridized carbons (Fsp3) is 0.440. The van der Waals surface area contributed by atoms with E-state index >= 15 is 0 Å². The van der Waals surface area contributed by atoms with Gasteiger partial charge in [-0.25, -0.2) is 0 Å². The van der Waals surface area contributed by atoms with E-state index in [0.717, 1.165) is 41.0 Å². The Morgan fingerprint density at radius 2 is 1.93 bits per heavy atom. The Bertz CT molecular complexity index is 832. The zero-order valence-electron chi connectivity index (χ0n) is 17.6. The van der Waals surface area contributed by atoms with E-state index in [2.05, 4.69) is 64.6 Å². The summed E-state index contributed by atoms with van der Waals surface area (Å²) in [6.45, 7) is 7.06. The largest absolute Gasteiger partial charge is 0.490 e. The molecule has 0 aliphatic heterocycles. The van der Waals surface area contributed by atoms with Crippen molar-refractivity contribution in [3.05, 3.63) is 69.2 Å². The number of hydrogen-bond donors (Lipinski definition) is 1. The van der Waals surface area contributed by atoms with Crippen LogP contribution in [0.15, 0.2) is 52.5 Å². The van der Waals surface area contributed by atoms with Crippen LogP contribution in [-0.2, 0) is 13.2 Å². The van der Waals surface area contributed by atoms with Gasteiger partial charge in [-0.15, -0.1) is 0 Å². The third-order valence-corrected chi connectivity index (χ3v) is 5.95. The number of allylic oxidation sites excluding steroid dienone is 1. The number of benzene rings is 2. The van der Waals surface area contributed by atoms with Crippen LogP contribution in [0.2, 0.25) is 0 Å². The minimum atomic E-state index is 0.529. The second-order valence-electron chi connectivity index (χ2n) is 7.64. The van der Waals surface area contributed by atoms with Crippen LogP contribution in [0.5, 0.6) is 11.5 Å². The molecule has 4 heteroatoms. The average molecular weight is 458 g/mol. The van der Waals surface area contributed by atoms with E-state index in [4.69, 9.17) is 9.47 Å². The molecule has 0 saturated heterocycles. The van der Waals surface area contributed by atoms with Crippen LogP contribution < -0.4 is 14.8 Å². The molecule has 1 aliphatic carbocycles. The molecule has 2 aromatic rings. The molecule has 156 valence electrons. The summed E-state index contributed by atoms with van der Waals surface area (Å²) in [6.07, 6.45) is 8.79. The molecule has 0 spiro atoms. The van der Waals surface area contributed by atoms with Gasteiger partial charge in [-0.2, -0.15) is 0 Å². The van der Waals surface area contributed by atoms with Crippen LogP contribution in [0, 0.1) is 6.92 Å². The highest BCUT2D eigenvalue weighted by Gasteiger charge is 2.12. The van der Waals surface area contributed by atoms with E-state index < -0.39 is 0 Å². The van der Waals surface area contributed by atoms with Gasteiger partial charge >= 0.3 is 0 Å². The van der Waals surface area contributed by atoms with Gasteiger partial charge in [0, 0.05) is 11.0 Å². The Balaban J connectivity index is 1.59. The molecule has 1 N–H and O–H groups in total. The van der Waals surface area contributed by atoms with Gasteiger partial charge in [-0.1, -0.05) is 57.4 Å². The zero-order chi connectivity index (χ0) is 20.5. The van der Waals surface area contributed by atoms with Crippen LogP contribution in [0.4, 0.5) is 0 Å². The van der Waals surface area contributed by atoms with Crippen molar-refractivity contribution < 1.29 is 9.47 Å². The highest BCUT2D eigenvalue weighted by atomic mass is 79.9. The molecule has 0 radical (unpaired) electrons. The fourth-order valence-electron chi connectivity index (χ4n) is 3.66. The highest BCUT2D eigenvalue weighted by molar-refractivity contribution is 9.10. The lowest BCUT2D eigenvalue weighted by molar-refractivity contribution is 0.269. The van der Waals surface area contributed by atoms with Gasteiger partial charge < -0.3 is 14.8 Å². The fourth-order valence-corrected chi connectivity index (χ4v) is 4.12. The summed E-state index contributed by atoms with van der Waals surface area (Å²) in [4.78, 5) is 0. The predicted molar refractivity (Wildman–Crippen MR) is 124 cm³/mol. The summed E-state index contributed by atoms with van der Waals surface area (Å²) in [5, 5.41) is 3.58. The molecular weight excluding hydrogens is 426 g/mol. The number of aryl methyl sites for hydroxylation is 1. The molecule has 0 saturated carbocycles. The van der Waals surface area contributed by atoms with Crippen LogP contribution in [0.3, 0.4) is 0 Å². The molecular formula is C25H32BrNO2. The van der Waals surface area contributed by atoms with Gasteiger partial charge in [0.2, 0.25) is 0 Å². The van der Waals surface area contributed by atoms with Crippen LogP contribution in [0.1, 0.15) is 55.7 Å². The van der Waals surface area contributed by atoms with E-state index in [-0.39, 0.29) is 0 Å². The number of hydrogen-bond acceptors (Lipinski definition) is 3. The first-order chi connectivity index (χ1) is 14.2. The van der Waals surface area contributed by atoms with Crippen LogP contribution in [0.25, 0.3) is 0 Å². The molecule has 1 aliphatic rings. The first kappa shape index (κ1) is 21.9. The summed E-state index contributed by atoms with van der Waals surface area (Å²) < 4.78 is 13.0. The Hall–Kier alpha value is -1.78. The van der Waals surface area contributed by atoms with Crippen molar-refractivity contribution >= 4 is 15.9 Å². The third kappa shape index (κ3) is 6.90. The van der Waals surface area contributed by atoms with E-state index in [1.54, 1.807) is 5.57 Å². The maximum Gasteiger partial charge on any atom is 0.162 e. The van der Waals surface area contributed by atoms with Gasteiger partial charge in [-0.05, 0) is 75.8 Å². The molecule has 0 bridgehead atoms. The summed E-state index contributed by atoms with van der Waals surface area (Å²) in [5.41, 5.74) is 5.20. The van der Waals surface area contributed by atoms with E-state index in [0.29, 0.717) is 13.2 Å². The lowest BCUT2D eigenvalue weighted by Crippen LogP contribution is -2.16. The molecule has 29 heavy (non-hydrogen) atoms. The molecule has 0 aromatic heterocycles. The summed E-state index contributed by atoms with van der Waals surface area (Å²) in [5.74, 6) is 1.58. The first-order valence-electron chi connectivity index (χ1n) is 10.7. The second-order valence-corrected chi connectivity index (χ2v) is 8.49. The lowest BCUT2D eigenvalue weighted by atomic mass is 9.97. The van der Waals surface area contributed by atoms with Crippen LogP contribution >= 0.6 is 15.9 Å². The monoisotopic (exact) mass is 457 g/mol. The number of halogens is 1. The van der Waals surface area contributed by atoms with E-state index in [1.165, 1.54) is 36.8 Å². The molecule has 0 atom stereocenters. The minimum Gasteiger partial charge on any atom is -0.490 e. The van der Waals surface area contributed by atoms with Crippen molar-refractivity contribution in [3.63, 3.8) is 0 Å². The quantitative estimate of drug-likeness (QED) is 0.317. The Labute approximate surface area is 183 Å². The lowest BCUT2D eigenvalue weighted by Gasteiger charge is -2.16. The average Bonchev–Trinajstić information content (AvgIpc) is 2.73. The molecule has 2 aromatic carbocycles. The molecule has 3 nitrogen and oxygen atoms in total. The standard InChI is InChI=1S/C25H32BrNO2/c1-3-28-24-15-22(17-27-13-12-20-9-5-4-6-10-20)23(26)16-25(24)29-18-21-11-7-8-19(2)14-21/h7-9,11,14-16,27H,3-6,10,12-13,17-18H2,1-2H3. The van der Waals surface area contributed by atoms with Crippen LogP contribution in [-0.4, -0.2) is 13.2 Å². The first-order valence-corrected chi connectivity index (χ1v) is 11.5. The van der Waals surface area contributed by atoms with Gasteiger partial charge in [0.1, 0.15) is 6.61 Å². The smallest absolute Gasteiger partial charge is 0.162 e. The van der Waals surface area contributed by atoms with Crippen molar-refractivity contribution in [1.82, 2.24) is 5.32 Å². The van der Waals surface area contributed by atoms with Crippen molar-refractivity contribution in [2.45, 2.75) is 59.1 Å². The maximum atomic E-state index is 6.09. The summed E-state index contributed by atoms with van der Waals surface area (Å²) in [6, 6.07) is 12.5. The van der Waals surface area contributed by atoms with Crippen molar-refractivity contribution in [2.24, 2.45) is 0 Å². The van der Waals surface area contributed by atoms with Gasteiger partial charge in [0.25, 0.3) is 0 Å². The topological polar surface area (TPSA) is 30.5 Å². The predicted octanol–water partition coefficient (Wildman–Crippen LogP) is 6.72. The third-order valence-electron chi connectivity index (χ3n) is 5.21. The van der Waals surface area contributed by atoms with Gasteiger partial charge in [-0.3, -0.25) is 0 Å². The van der Waals surface area contributed by atoms with E-state index in [1.807, 2.05) is 13.0 Å².